The number of fused-ring (bicyclic) bond motifs is 1. The van der Waals surface area contributed by atoms with Gasteiger partial charge in [0.2, 0.25) is 11.8 Å². The third kappa shape index (κ3) is 5.98. The van der Waals surface area contributed by atoms with E-state index in [1.165, 1.54) is 0 Å². The second-order valence-electron chi connectivity index (χ2n) is 12.1. The van der Waals surface area contributed by atoms with Crippen molar-refractivity contribution in [2.75, 3.05) is 20.2 Å². The van der Waals surface area contributed by atoms with E-state index in [1.54, 1.807) is 19.2 Å². The van der Waals surface area contributed by atoms with Crippen molar-refractivity contribution < 1.29 is 23.9 Å². The van der Waals surface area contributed by atoms with Crippen molar-refractivity contribution in [2.24, 2.45) is 5.92 Å². The lowest BCUT2D eigenvalue weighted by molar-refractivity contribution is -0.135. The molecule has 0 unspecified atom stereocenters. The number of aldehydes is 1. The molecule has 3 aromatic carbocycles. The lowest BCUT2D eigenvalue weighted by atomic mass is 9.62. The molecule has 0 radical (unpaired) electrons. The van der Waals surface area contributed by atoms with E-state index in [0.717, 1.165) is 23.0 Å². The van der Waals surface area contributed by atoms with Gasteiger partial charge < -0.3 is 25.1 Å². The average Bonchev–Trinajstić information content (AvgIpc) is 3.06. The van der Waals surface area contributed by atoms with Crippen LogP contribution in [0.4, 0.5) is 0 Å². The zero-order chi connectivity index (χ0) is 31.3. The number of nitrogens with zero attached hydrogens (tertiary/aromatic N) is 1. The molecule has 0 bridgehead atoms. The van der Waals surface area contributed by atoms with Gasteiger partial charge in [0.1, 0.15) is 12.0 Å². The summed E-state index contributed by atoms with van der Waals surface area (Å²) in [4.78, 5) is 54.9. The van der Waals surface area contributed by atoms with Gasteiger partial charge in [-0.2, -0.15) is 0 Å². The largest absolute Gasteiger partial charge is 0.496 e. The molecule has 8 heteroatoms. The molecule has 1 saturated heterocycles. The van der Waals surface area contributed by atoms with Crippen LogP contribution in [-0.4, -0.2) is 61.2 Å². The van der Waals surface area contributed by atoms with Gasteiger partial charge in [0.05, 0.1) is 30.0 Å². The molecule has 8 nitrogen and oxygen atoms in total. The monoisotopic (exact) mass is 595 g/mol. The average molecular weight is 596 g/mol. The Morgan fingerprint density at radius 3 is 2.25 bits per heavy atom. The minimum atomic E-state index is -1.03. The van der Waals surface area contributed by atoms with Gasteiger partial charge in [-0.15, -0.1) is 0 Å². The molecule has 0 aromatic heterocycles. The van der Waals surface area contributed by atoms with Crippen LogP contribution in [0.2, 0.25) is 0 Å². The fourth-order valence-electron chi connectivity index (χ4n) is 6.68. The number of amides is 3. The second-order valence-corrected chi connectivity index (χ2v) is 12.1. The van der Waals surface area contributed by atoms with Crippen molar-refractivity contribution in [3.63, 3.8) is 0 Å². The van der Waals surface area contributed by atoms with Crippen molar-refractivity contribution >= 4 is 24.0 Å². The minimum Gasteiger partial charge on any atom is -0.496 e. The third-order valence-electron chi connectivity index (χ3n) is 9.21. The molecule has 230 valence electrons. The van der Waals surface area contributed by atoms with E-state index in [-0.39, 0.29) is 35.6 Å². The smallest absolute Gasteiger partial charge is 0.255 e. The zero-order valence-corrected chi connectivity index (χ0v) is 25.6. The Morgan fingerprint density at radius 1 is 0.909 bits per heavy atom. The van der Waals surface area contributed by atoms with Gasteiger partial charge in [0.15, 0.2) is 0 Å². The number of carbonyl (C=O) groups is 4. The minimum absolute atomic E-state index is 0.0435. The maximum absolute atomic E-state index is 14.2. The molecule has 1 aliphatic carbocycles. The Bertz CT molecular complexity index is 1500. The Kier molecular flexibility index (Phi) is 9.47. The van der Waals surface area contributed by atoms with Gasteiger partial charge in [-0.25, -0.2) is 0 Å². The van der Waals surface area contributed by atoms with Crippen molar-refractivity contribution in [1.29, 1.82) is 0 Å². The van der Waals surface area contributed by atoms with Crippen LogP contribution in [0.15, 0.2) is 78.9 Å². The van der Waals surface area contributed by atoms with Crippen molar-refractivity contribution in [2.45, 2.75) is 62.9 Å². The van der Waals surface area contributed by atoms with Crippen molar-refractivity contribution in [3.05, 3.63) is 101 Å². The van der Waals surface area contributed by atoms with Gasteiger partial charge in [0.25, 0.3) is 5.91 Å². The van der Waals surface area contributed by atoms with E-state index in [2.05, 4.69) is 10.6 Å². The van der Waals surface area contributed by atoms with Crippen LogP contribution >= 0.6 is 0 Å². The number of rotatable bonds is 9. The lowest BCUT2D eigenvalue weighted by Gasteiger charge is -2.43. The lowest BCUT2D eigenvalue weighted by Crippen LogP contribution is -2.53. The molecule has 1 fully saturated rings. The fraction of sp³-hybridized carbons (Fsp3) is 0.389. The van der Waals surface area contributed by atoms with Gasteiger partial charge in [-0.3, -0.25) is 14.4 Å². The molecule has 2 aliphatic rings. The third-order valence-corrected chi connectivity index (χ3v) is 9.21. The first-order chi connectivity index (χ1) is 21.3. The van der Waals surface area contributed by atoms with E-state index >= 15 is 0 Å². The van der Waals surface area contributed by atoms with Crippen molar-refractivity contribution in [1.82, 2.24) is 15.5 Å². The van der Waals surface area contributed by atoms with Gasteiger partial charge in [0, 0.05) is 19.1 Å². The Balaban J connectivity index is 1.35. The normalized spacial score (nSPS) is 20.7. The summed E-state index contributed by atoms with van der Waals surface area (Å²) in [7, 11) is 1.55. The Hall–Kier alpha value is -4.46. The number of nitrogens with one attached hydrogen (secondary N) is 2. The highest BCUT2D eigenvalue weighted by molar-refractivity contribution is 5.97. The van der Waals surface area contributed by atoms with Crippen LogP contribution in [0, 0.1) is 5.92 Å². The highest BCUT2D eigenvalue weighted by Gasteiger charge is 2.49. The number of hydrogen-bond donors (Lipinski definition) is 2. The van der Waals surface area contributed by atoms with Crippen LogP contribution in [0.1, 0.15) is 72.5 Å². The quantitative estimate of drug-likeness (QED) is 0.352. The molecule has 0 spiro atoms. The number of piperidine rings is 1. The van der Waals surface area contributed by atoms with Crippen molar-refractivity contribution in [3.8, 4) is 5.75 Å². The molecular formula is C36H41N3O5. The SMILES string of the molecule is COc1ccccc1C(=O)NC1CCN(C(=O)[C@H]2CC[C@@](C(=O)N[C@@H](C=O)C(C)C)(c3ccccc3)c3ccccc32)CC1. The van der Waals surface area contributed by atoms with Crippen LogP contribution in [0.5, 0.6) is 5.75 Å². The summed E-state index contributed by atoms with van der Waals surface area (Å²) < 4.78 is 5.34. The zero-order valence-electron chi connectivity index (χ0n) is 25.6. The molecule has 5 rings (SSSR count). The number of methoxy groups -OCH3 is 1. The molecule has 1 aliphatic heterocycles. The summed E-state index contributed by atoms with van der Waals surface area (Å²) >= 11 is 0. The standard InChI is InChI=1S/C36H41N3O5/c1-24(2)31(23-40)38-35(43)36(25-11-5-4-6-12-25)20-17-28(27-13-7-9-15-30(27)36)34(42)39-21-18-26(19-22-39)37-33(41)29-14-8-10-16-32(29)44-3/h4-16,23-24,26,28,31H,17-22H2,1-3H3,(H,37,41)(H,38,43)/t28-,31-,36+/m0/s1. The molecule has 2 N–H and O–H groups in total. The summed E-state index contributed by atoms with van der Waals surface area (Å²) in [5.41, 5.74) is 1.96. The molecule has 44 heavy (non-hydrogen) atoms. The fourth-order valence-corrected chi connectivity index (χ4v) is 6.68. The predicted molar refractivity (Wildman–Crippen MR) is 169 cm³/mol. The van der Waals surface area contributed by atoms with Crippen LogP contribution in [0.3, 0.4) is 0 Å². The van der Waals surface area contributed by atoms with E-state index in [9.17, 15) is 19.2 Å². The van der Waals surface area contributed by atoms with E-state index in [4.69, 9.17) is 4.74 Å². The highest BCUT2D eigenvalue weighted by Crippen LogP contribution is 2.48. The summed E-state index contributed by atoms with van der Waals surface area (Å²) in [6, 6.07) is 23.9. The summed E-state index contributed by atoms with van der Waals surface area (Å²) in [6.45, 7) is 4.89. The van der Waals surface area contributed by atoms with Gasteiger partial charge >= 0.3 is 0 Å². The molecular weight excluding hydrogens is 554 g/mol. The predicted octanol–water partition coefficient (Wildman–Crippen LogP) is 4.62. The number of carbonyl (C=O) groups excluding carboxylic acids is 4. The Labute approximate surface area is 259 Å². The van der Waals surface area contributed by atoms with E-state index < -0.39 is 11.5 Å². The number of ether oxygens (including phenoxy) is 1. The maximum atomic E-state index is 14.2. The highest BCUT2D eigenvalue weighted by atomic mass is 16.5. The first-order valence-electron chi connectivity index (χ1n) is 15.4. The van der Waals surface area contributed by atoms with Crippen LogP contribution in [-0.2, 0) is 19.8 Å². The molecule has 3 amide bonds. The maximum Gasteiger partial charge on any atom is 0.255 e. The first-order valence-corrected chi connectivity index (χ1v) is 15.4. The van der Waals surface area contributed by atoms with E-state index in [0.29, 0.717) is 50.1 Å². The first kappa shape index (κ1) is 31.0. The number of hydrogen-bond acceptors (Lipinski definition) is 5. The number of likely N-dealkylation sites (tertiary alicyclic amines) is 1. The van der Waals surface area contributed by atoms with Gasteiger partial charge in [-0.05, 0) is 60.4 Å². The summed E-state index contributed by atoms with van der Waals surface area (Å²) in [5.74, 6) is -0.276. The number of para-hydroxylation sites is 1. The molecule has 3 atom stereocenters. The molecule has 1 heterocycles. The topological polar surface area (TPSA) is 105 Å². The number of benzene rings is 3. The van der Waals surface area contributed by atoms with Crippen LogP contribution < -0.4 is 15.4 Å². The molecule has 3 aromatic rings. The molecule has 0 saturated carbocycles. The van der Waals surface area contributed by atoms with E-state index in [1.807, 2.05) is 85.5 Å². The summed E-state index contributed by atoms with van der Waals surface area (Å²) in [6.07, 6.45) is 3.03. The summed E-state index contributed by atoms with van der Waals surface area (Å²) in [5, 5.41) is 6.13. The van der Waals surface area contributed by atoms with Gasteiger partial charge in [-0.1, -0.05) is 80.6 Å². The van der Waals surface area contributed by atoms with Crippen LogP contribution in [0.25, 0.3) is 0 Å². The Morgan fingerprint density at radius 2 is 1.57 bits per heavy atom. The second kappa shape index (κ2) is 13.5.